The monoisotopic (exact) mass is 676 g/mol. The van der Waals surface area contributed by atoms with Gasteiger partial charge in [-0.2, -0.15) is 0 Å². The highest BCUT2D eigenvalue weighted by molar-refractivity contribution is 5.92. The van der Waals surface area contributed by atoms with Crippen LogP contribution in [0.4, 0.5) is 0 Å². The second kappa shape index (κ2) is 12.4. The highest BCUT2D eigenvalue weighted by atomic mass is 16.5. The number of allylic oxidation sites excluding steroid dienone is 6. The first-order chi connectivity index (χ1) is 24.3. The average molecular weight is 677 g/mol. The third-order valence-corrected chi connectivity index (χ3v) is 17.2. The lowest BCUT2D eigenvalue weighted by molar-refractivity contribution is -0.130. The van der Waals surface area contributed by atoms with Gasteiger partial charge in [-0.25, -0.2) is 0 Å². The molecule has 0 aromatic heterocycles. The minimum absolute atomic E-state index is 0.00174. The minimum atomic E-state index is 0.00174. The van der Waals surface area contributed by atoms with Gasteiger partial charge in [-0.05, 0) is 154 Å². The predicted molar refractivity (Wildman–Crippen MR) is 198 cm³/mol. The molecule has 8 aliphatic carbocycles. The van der Waals surface area contributed by atoms with E-state index in [1.165, 1.54) is 75.4 Å². The molecule has 0 amide bonds. The Kier molecular flexibility index (Phi) is 8.31. The molecule has 0 N–H and O–H groups in total. The normalized spacial score (nSPS) is 49.3. The number of ether oxygens (including phenoxy) is 2. The Labute approximate surface area is 301 Å². The number of rotatable bonds is 3. The van der Waals surface area contributed by atoms with Crippen LogP contribution in [0.3, 0.4) is 0 Å². The molecule has 2 heterocycles. The number of hydrogen-bond donors (Lipinski definition) is 0. The van der Waals surface area contributed by atoms with Crippen LogP contribution in [-0.2, 0) is 19.1 Å². The molecule has 0 aromatic carbocycles. The van der Waals surface area contributed by atoms with E-state index in [0.29, 0.717) is 46.1 Å². The molecule has 0 aromatic rings. The lowest BCUT2D eigenvalue weighted by Gasteiger charge is -2.58. The van der Waals surface area contributed by atoms with Gasteiger partial charge in [-0.3, -0.25) is 9.59 Å². The molecule has 5 fully saturated rings. The van der Waals surface area contributed by atoms with E-state index in [-0.39, 0.29) is 11.2 Å². The molecule has 50 heavy (non-hydrogen) atoms. The Morgan fingerprint density at radius 1 is 0.760 bits per heavy atom. The molecule has 0 radical (unpaired) electrons. The van der Waals surface area contributed by atoms with Crippen LogP contribution in [0.1, 0.15) is 110 Å². The van der Waals surface area contributed by atoms with E-state index >= 15 is 0 Å². The topological polar surface area (TPSA) is 52.6 Å². The van der Waals surface area contributed by atoms with Crippen molar-refractivity contribution in [2.75, 3.05) is 13.2 Å². The third kappa shape index (κ3) is 4.61. The van der Waals surface area contributed by atoms with Crippen molar-refractivity contribution in [3.8, 4) is 0 Å². The van der Waals surface area contributed by atoms with Gasteiger partial charge in [-0.15, -0.1) is 6.58 Å². The zero-order chi connectivity index (χ0) is 34.3. The van der Waals surface area contributed by atoms with E-state index in [0.717, 1.165) is 74.9 Å². The van der Waals surface area contributed by atoms with Crippen LogP contribution in [0, 0.1) is 64.1 Å². The molecular formula is C46H60O4. The van der Waals surface area contributed by atoms with Crippen molar-refractivity contribution < 1.29 is 19.1 Å². The molecule has 10 aliphatic rings. The van der Waals surface area contributed by atoms with Gasteiger partial charge in [0.05, 0.1) is 24.4 Å². The van der Waals surface area contributed by atoms with Crippen LogP contribution >= 0.6 is 0 Å². The standard InChI is InChI=1S/C24H32O2.C22H28O2/c1-3-16-14-17-15-18(25)6-7-19(17)20-8-11-23(4-2)21(22(16)20)9-12-24(23)10-5-13-26-24;1-2-21-11-8-18-17-7-5-16(23)14-15(17)4-6-19(18)20(21)9-12-22(21)10-3-13-24-22/h3,5,10,15-16,19-22H,1,4,6-9,11-14H2,2H3;3-4,6,10,14,17-20H,2,5,7-9,11-13H2,1H3/t16?,19-,20?,21?,22?,23-,24-;17-,18?,19?,20?,21-,22-/m00/s1. The first kappa shape index (κ1) is 33.5. The zero-order valence-electron chi connectivity index (χ0n) is 30.8. The fraction of sp³-hybridized carbons (Fsp3) is 0.696. The van der Waals surface area contributed by atoms with E-state index in [1.807, 2.05) is 12.2 Å². The van der Waals surface area contributed by atoms with E-state index in [2.05, 4.69) is 63.0 Å². The molecule has 0 saturated heterocycles. The van der Waals surface area contributed by atoms with E-state index in [4.69, 9.17) is 9.47 Å². The summed E-state index contributed by atoms with van der Waals surface area (Å²) >= 11 is 0. The van der Waals surface area contributed by atoms with Crippen LogP contribution in [0.5, 0.6) is 0 Å². The number of carbonyl (C=O) groups excluding carboxylic acids is 2. The van der Waals surface area contributed by atoms with Gasteiger partial charge >= 0.3 is 0 Å². The second-order valence-electron chi connectivity index (χ2n) is 18.1. The van der Waals surface area contributed by atoms with E-state index in [9.17, 15) is 9.59 Å². The number of carbonyl (C=O) groups is 2. The van der Waals surface area contributed by atoms with Gasteiger partial charge in [0.2, 0.25) is 0 Å². The van der Waals surface area contributed by atoms with Crippen molar-refractivity contribution >= 4 is 11.6 Å². The quantitative estimate of drug-likeness (QED) is 0.279. The Hall–Kier alpha value is -2.30. The molecule has 4 heteroatoms. The van der Waals surface area contributed by atoms with Crippen molar-refractivity contribution in [3.63, 3.8) is 0 Å². The molecule has 268 valence electrons. The zero-order valence-corrected chi connectivity index (χ0v) is 30.8. The summed E-state index contributed by atoms with van der Waals surface area (Å²) in [7, 11) is 0. The summed E-state index contributed by atoms with van der Waals surface area (Å²) in [6.07, 6.45) is 37.6. The molecule has 5 saturated carbocycles. The lowest BCUT2D eigenvalue weighted by Crippen LogP contribution is -2.55. The first-order valence-corrected chi connectivity index (χ1v) is 20.7. The fourth-order valence-corrected chi connectivity index (χ4v) is 15.3. The van der Waals surface area contributed by atoms with E-state index < -0.39 is 0 Å². The predicted octanol–water partition coefficient (Wildman–Crippen LogP) is 9.88. The number of ketones is 2. The summed E-state index contributed by atoms with van der Waals surface area (Å²) in [5, 5.41) is 0. The largest absolute Gasteiger partial charge is 0.366 e. The SMILES string of the molecule is C=CC1CC2=CC(=O)CC[C@@H]2C2CC[C@@]3(CC)C(CC[C@@]34C=CCO4)C12.CC[C@]12CCC3C(C=CC4=CC(=O)CC[C@@H]43)C1CC[C@@]21C=CCO1. The number of fused-ring (bicyclic) bond motifs is 12. The Bertz CT molecular complexity index is 1580. The van der Waals surface area contributed by atoms with Gasteiger partial charge in [0.1, 0.15) is 0 Å². The molecule has 4 nitrogen and oxygen atoms in total. The maximum Gasteiger partial charge on any atom is 0.155 e. The third-order valence-electron chi connectivity index (χ3n) is 17.2. The lowest BCUT2D eigenvalue weighted by atomic mass is 9.47. The maximum atomic E-state index is 12.0. The van der Waals surface area contributed by atoms with Crippen molar-refractivity contribution in [2.45, 2.75) is 121 Å². The summed E-state index contributed by atoms with van der Waals surface area (Å²) in [6.45, 7) is 10.6. The van der Waals surface area contributed by atoms with Crippen LogP contribution in [0.25, 0.3) is 0 Å². The minimum Gasteiger partial charge on any atom is -0.366 e. The molecular weight excluding hydrogens is 617 g/mol. The maximum absolute atomic E-state index is 12.0. The Morgan fingerprint density at radius 3 is 2.02 bits per heavy atom. The summed E-state index contributed by atoms with van der Waals surface area (Å²) in [4.78, 5) is 23.8. The Morgan fingerprint density at radius 2 is 1.38 bits per heavy atom. The van der Waals surface area contributed by atoms with Crippen LogP contribution in [-0.4, -0.2) is 36.0 Å². The molecule has 13 atom stereocenters. The van der Waals surface area contributed by atoms with Crippen LogP contribution in [0.2, 0.25) is 0 Å². The first-order valence-electron chi connectivity index (χ1n) is 20.7. The van der Waals surface area contributed by atoms with Crippen molar-refractivity contribution in [2.24, 2.45) is 64.1 Å². The number of hydrogen-bond acceptors (Lipinski definition) is 4. The van der Waals surface area contributed by atoms with Gasteiger partial charge in [0.15, 0.2) is 11.6 Å². The molecule has 10 rings (SSSR count). The molecule has 2 spiro atoms. The fourth-order valence-electron chi connectivity index (χ4n) is 15.3. The van der Waals surface area contributed by atoms with Crippen molar-refractivity contribution in [3.05, 3.63) is 72.4 Å². The molecule has 2 aliphatic heterocycles. The van der Waals surface area contributed by atoms with Crippen LogP contribution < -0.4 is 0 Å². The van der Waals surface area contributed by atoms with E-state index in [1.54, 1.807) is 0 Å². The summed E-state index contributed by atoms with van der Waals surface area (Å²) < 4.78 is 12.8. The van der Waals surface area contributed by atoms with Crippen molar-refractivity contribution in [1.82, 2.24) is 0 Å². The molecule has 0 bridgehead atoms. The van der Waals surface area contributed by atoms with Gasteiger partial charge in [0.25, 0.3) is 0 Å². The summed E-state index contributed by atoms with van der Waals surface area (Å²) in [5.74, 6) is 6.90. The average Bonchev–Trinajstić information content (AvgIpc) is 3.95. The van der Waals surface area contributed by atoms with Gasteiger partial charge in [-0.1, -0.05) is 62.0 Å². The summed E-state index contributed by atoms with van der Waals surface area (Å²) in [6, 6.07) is 0. The van der Waals surface area contributed by atoms with Gasteiger partial charge < -0.3 is 9.47 Å². The summed E-state index contributed by atoms with van der Waals surface area (Å²) in [5.41, 5.74) is 3.43. The Balaban J connectivity index is 0.000000135. The highest BCUT2D eigenvalue weighted by Gasteiger charge is 2.66. The smallest absolute Gasteiger partial charge is 0.155 e. The molecule has 7 unspecified atom stereocenters. The van der Waals surface area contributed by atoms with Crippen LogP contribution in [0.15, 0.2) is 72.4 Å². The van der Waals surface area contributed by atoms with Gasteiger partial charge in [0, 0.05) is 23.7 Å². The highest BCUT2D eigenvalue weighted by Crippen LogP contribution is 2.70. The second-order valence-corrected chi connectivity index (χ2v) is 18.1. The van der Waals surface area contributed by atoms with Crippen molar-refractivity contribution in [1.29, 1.82) is 0 Å².